The maximum Gasteiger partial charge on any atom is 0.223 e. The van der Waals surface area contributed by atoms with Gasteiger partial charge in [0.2, 0.25) is 5.43 Å². The summed E-state index contributed by atoms with van der Waals surface area (Å²) in [7, 11) is 0. The highest BCUT2D eigenvalue weighted by atomic mass is 16.3. The Kier molecular flexibility index (Phi) is 3.55. The van der Waals surface area contributed by atoms with Gasteiger partial charge in [0, 0.05) is 37.4 Å². The van der Waals surface area contributed by atoms with Crippen molar-refractivity contribution in [1.82, 2.24) is 9.47 Å². The molecule has 3 rings (SSSR count). The topological polar surface area (TPSA) is 45.5 Å². The molecule has 2 aromatic rings. The number of aromatic nitrogens is 1. The molecule has 0 aliphatic carbocycles. The minimum absolute atomic E-state index is 0.168. The van der Waals surface area contributed by atoms with Crippen LogP contribution in [0, 0.1) is 6.92 Å². The van der Waals surface area contributed by atoms with E-state index in [9.17, 15) is 9.90 Å². The number of rotatable bonds is 2. The number of pyridine rings is 1. The van der Waals surface area contributed by atoms with Crippen molar-refractivity contribution in [3.05, 3.63) is 63.6 Å². The normalized spacial score (nSPS) is 16.5. The fourth-order valence-corrected chi connectivity index (χ4v) is 2.94. The molecule has 0 fully saturated rings. The maximum absolute atomic E-state index is 11.6. The van der Waals surface area contributed by atoms with Crippen LogP contribution in [0.2, 0.25) is 0 Å². The predicted octanol–water partition coefficient (Wildman–Crippen LogP) is 2.44. The molecule has 1 aliphatic rings. The van der Waals surface area contributed by atoms with Gasteiger partial charge in [0.25, 0.3) is 0 Å². The molecule has 1 unspecified atom stereocenters. The van der Waals surface area contributed by atoms with Crippen LogP contribution in [0.4, 0.5) is 0 Å². The molecule has 1 aromatic heterocycles. The van der Waals surface area contributed by atoms with E-state index in [0.29, 0.717) is 6.04 Å². The first-order valence-electron chi connectivity index (χ1n) is 7.27. The molecule has 0 saturated carbocycles. The van der Waals surface area contributed by atoms with E-state index in [1.165, 1.54) is 11.1 Å². The van der Waals surface area contributed by atoms with Gasteiger partial charge in [-0.05, 0) is 19.4 Å². The minimum atomic E-state index is -0.300. The van der Waals surface area contributed by atoms with Crippen LogP contribution in [0.3, 0.4) is 0 Å². The van der Waals surface area contributed by atoms with Crippen LogP contribution >= 0.6 is 0 Å². The number of fused-ring (bicyclic) bond motifs is 1. The summed E-state index contributed by atoms with van der Waals surface area (Å²) < 4.78 is 1.97. The van der Waals surface area contributed by atoms with Gasteiger partial charge in [-0.3, -0.25) is 9.69 Å². The minimum Gasteiger partial charge on any atom is -0.503 e. The quantitative estimate of drug-likeness (QED) is 0.921. The summed E-state index contributed by atoms with van der Waals surface area (Å²) in [4.78, 5) is 14.0. The Labute approximate surface area is 124 Å². The molecule has 1 aromatic carbocycles. The zero-order valence-electron chi connectivity index (χ0n) is 12.4. The highest BCUT2D eigenvalue weighted by Gasteiger charge is 2.22. The third-order valence-corrected chi connectivity index (χ3v) is 4.26. The SMILES string of the molecule is Cc1cccc(C(C)N2CCn3cc(O)c(=O)cc3C2)c1. The summed E-state index contributed by atoms with van der Waals surface area (Å²) in [6.07, 6.45) is 1.55. The van der Waals surface area contributed by atoms with E-state index in [1.54, 1.807) is 12.3 Å². The highest BCUT2D eigenvalue weighted by molar-refractivity contribution is 5.26. The van der Waals surface area contributed by atoms with Crippen molar-refractivity contribution in [3.8, 4) is 5.75 Å². The molecule has 1 atom stereocenters. The Morgan fingerprint density at radius 1 is 1.24 bits per heavy atom. The fraction of sp³-hybridized carbons (Fsp3) is 0.353. The van der Waals surface area contributed by atoms with Gasteiger partial charge in [-0.25, -0.2) is 0 Å². The van der Waals surface area contributed by atoms with Gasteiger partial charge >= 0.3 is 0 Å². The smallest absolute Gasteiger partial charge is 0.223 e. The van der Waals surface area contributed by atoms with Crippen molar-refractivity contribution in [2.24, 2.45) is 0 Å². The summed E-state index contributed by atoms with van der Waals surface area (Å²) in [5.41, 5.74) is 3.22. The molecular formula is C17H20N2O2. The van der Waals surface area contributed by atoms with Crippen LogP contribution in [0.5, 0.6) is 5.75 Å². The molecule has 4 nitrogen and oxygen atoms in total. The number of hydrogen-bond acceptors (Lipinski definition) is 3. The molecule has 0 amide bonds. The van der Waals surface area contributed by atoms with Crippen LogP contribution in [0.15, 0.2) is 41.3 Å². The molecule has 4 heteroatoms. The Hall–Kier alpha value is -2.07. The van der Waals surface area contributed by atoms with E-state index in [-0.39, 0.29) is 11.2 Å². The molecule has 0 radical (unpaired) electrons. The van der Waals surface area contributed by atoms with E-state index in [0.717, 1.165) is 25.3 Å². The number of hydrogen-bond donors (Lipinski definition) is 1. The Morgan fingerprint density at radius 3 is 2.81 bits per heavy atom. The lowest BCUT2D eigenvalue weighted by molar-refractivity contribution is 0.164. The van der Waals surface area contributed by atoms with Crippen molar-refractivity contribution in [3.63, 3.8) is 0 Å². The van der Waals surface area contributed by atoms with Crippen molar-refractivity contribution in [1.29, 1.82) is 0 Å². The molecule has 1 aliphatic heterocycles. The molecule has 0 bridgehead atoms. The van der Waals surface area contributed by atoms with Crippen molar-refractivity contribution >= 4 is 0 Å². The molecular weight excluding hydrogens is 264 g/mol. The number of nitrogens with zero attached hydrogens (tertiary/aromatic N) is 2. The van der Waals surface area contributed by atoms with Crippen LogP contribution in [0.25, 0.3) is 0 Å². The lowest BCUT2D eigenvalue weighted by Gasteiger charge is -2.35. The predicted molar refractivity (Wildman–Crippen MR) is 82.4 cm³/mol. The fourth-order valence-electron chi connectivity index (χ4n) is 2.94. The van der Waals surface area contributed by atoms with Crippen LogP contribution in [-0.2, 0) is 13.1 Å². The van der Waals surface area contributed by atoms with Crippen LogP contribution in [0.1, 0.15) is 29.8 Å². The number of aryl methyl sites for hydroxylation is 1. The maximum atomic E-state index is 11.6. The molecule has 21 heavy (non-hydrogen) atoms. The van der Waals surface area contributed by atoms with Crippen LogP contribution in [-0.4, -0.2) is 21.1 Å². The average molecular weight is 284 g/mol. The highest BCUT2D eigenvalue weighted by Crippen LogP contribution is 2.25. The Bertz CT molecular complexity index is 721. The van der Waals surface area contributed by atoms with E-state index in [1.807, 2.05) is 4.57 Å². The lowest BCUT2D eigenvalue weighted by Crippen LogP contribution is -2.36. The van der Waals surface area contributed by atoms with Gasteiger partial charge in [0.15, 0.2) is 5.75 Å². The number of aromatic hydroxyl groups is 1. The molecule has 0 spiro atoms. The first-order chi connectivity index (χ1) is 10.0. The first-order valence-corrected chi connectivity index (χ1v) is 7.27. The van der Waals surface area contributed by atoms with Crippen LogP contribution < -0.4 is 5.43 Å². The van der Waals surface area contributed by atoms with Gasteiger partial charge in [0.1, 0.15) is 0 Å². The van der Waals surface area contributed by atoms with E-state index < -0.39 is 0 Å². The van der Waals surface area contributed by atoms with Crippen molar-refractivity contribution < 1.29 is 5.11 Å². The van der Waals surface area contributed by atoms with E-state index in [4.69, 9.17) is 0 Å². The van der Waals surface area contributed by atoms with Gasteiger partial charge in [0.05, 0.1) is 6.20 Å². The second kappa shape index (κ2) is 5.37. The van der Waals surface area contributed by atoms with Crippen molar-refractivity contribution in [2.45, 2.75) is 33.0 Å². The second-order valence-corrected chi connectivity index (χ2v) is 5.77. The Balaban J connectivity index is 1.86. The lowest BCUT2D eigenvalue weighted by atomic mass is 10.0. The third-order valence-electron chi connectivity index (χ3n) is 4.26. The summed E-state index contributed by atoms with van der Waals surface area (Å²) >= 11 is 0. The zero-order valence-corrected chi connectivity index (χ0v) is 12.4. The monoisotopic (exact) mass is 284 g/mol. The third kappa shape index (κ3) is 2.72. The first kappa shape index (κ1) is 13.9. The zero-order chi connectivity index (χ0) is 15.0. The van der Waals surface area contributed by atoms with E-state index in [2.05, 4.69) is 43.0 Å². The summed E-state index contributed by atoms with van der Waals surface area (Å²) in [6.45, 7) is 6.72. The molecule has 2 heterocycles. The average Bonchev–Trinajstić information content (AvgIpc) is 2.47. The molecule has 0 saturated heterocycles. The largest absolute Gasteiger partial charge is 0.503 e. The van der Waals surface area contributed by atoms with Gasteiger partial charge in [-0.1, -0.05) is 29.8 Å². The van der Waals surface area contributed by atoms with Gasteiger partial charge < -0.3 is 9.67 Å². The van der Waals surface area contributed by atoms with E-state index >= 15 is 0 Å². The molecule has 1 N–H and O–H groups in total. The van der Waals surface area contributed by atoms with Gasteiger partial charge in [-0.2, -0.15) is 0 Å². The standard InChI is InChI=1S/C17H20N2O2/c1-12-4-3-5-14(8-12)13(2)18-6-7-19-11-17(21)16(20)9-15(19)10-18/h3-5,8-9,11,13,21H,6-7,10H2,1-2H3. The second-order valence-electron chi connectivity index (χ2n) is 5.77. The Morgan fingerprint density at radius 2 is 2.05 bits per heavy atom. The summed E-state index contributed by atoms with van der Waals surface area (Å²) in [5.74, 6) is -0.168. The molecule has 110 valence electrons. The summed E-state index contributed by atoms with van der Waals surface area (Å²) in [6, 6.07) is 10.4. The van der Waals surface area contributed by atoms with Crippen molar-refractivity contribution in [2.75, 3.05) is 6.54 Å². The summed E-state index contributed by atoms with van der Waals surface area (Å²) in [5, 5.41) is 9.51. The van der Waals surface area contributed by atoms with Gasteiger partial charge in [-0.15, -0.1) is 0 Å². The number of benzene rings is 1.